The van der Waals surface area contributed by atoms with Crippen molar-refractivity contribution >= 4 is 5.97 Å². The minimum atomic E-state index is -1.79. The Morgan fingerprint density at radius 3 is 2.63 bits per heavy atom. The molecule has 0 radical (unpaired) electrons. The molecule has 0 aromatic heterocycles. The van der Waals surface area contributed by atoms with Crippen molar-refractivity contribution < 1.29 is 29.6 Å². The molecule has 6 unspecified atom stereocenters. The second-order valence-electron chi connectivity index (χ2n) is 5.55. The van der Waals surface area contributed by atoms with Crippen molar-refractivity contribution in [1.82, 2.24) is 0 Å². The van der Waals surface area contributed by atoms with Gasteiger partial charge in [-0.2, -0.15) is 0 Å². The maximum Gasteiger partial charge on any atom is 0.302 e. The first kappa shape index (κ1) is 14.5. The molecule has 0 bridgehead atoms. The summed E-state index contributed by atoms with van der Waals surface area (Å²) in [5.74, 6) is -2.49. The van der Waals surface area contributed by atoms with Crippen LogP contribution >= 0.6 is 0 Å². The van der Waals surface area contributed by atoms with Crippen LogP contribution in [-0.2, 0) is 14.3 Å². The van der Waals surface area contributed by atoms with Gasteiger partial charge in [0.1, 0.15) is 18.8 Å². The van der Waals surface area contributed by atoms with E-state index in [1.807, 2.05) is 6.92 Å². The molecule has 0 aromatic carbocycles. The highest BCUT2D eigenvalue weighted by molar-refractivity contribution is 5.66. The summed E-state index contributed by atoms with van der Waals surface area (Å²) in [5.41, 5.74) is -1.05. The Labute approximate surface area is 111 Å². The van der Waals surface area contributed by atoms with Crippen LogP contribution < -0.4 is 0 Å². The van der Waals surface area contributed by atoms with Gasteiger partial charge in [0.15, 0.2) is 5.79 Å². The Morgan fingerprint density at radius 1 is 1.42 bits per heavy atom. The average molecular weight is 272 g/mol. The number of aliphatic hydroxyl groups is 3. The smallest absolute Gasteiger partial charge is 0.302 e. The highest BCUT2D eigenvalue weighted by atomic mass is 16.7. The third-order valence-corrected chi connectivity index (χ3v) is 4.19. The summed E-state index contributed by atoms with van der Waals surface area (Å²) >= 11 is 0. The van der Waals surface area contributed by atoms with Gasteiger partial charge in [-0.3, -0.25) is 4.79 Å². The highest BCUT2D eigenvalue weighted by Crippen LogP contribution is 2.52. The third-order valence-electron chi connectivity index (χ3n) is 4.19. The van der Waals surface area contributed by atoms with Gasteiger partial charge in [0.05, 0.1) is 11.5 Å². The van der Waals surface area contributed by atoms with E-state index in [1.165, 1.54) is 13.8 Å². The van der Waals surface area contributed by atoms with Gasteiger partial charge >= 0.3 is 5.97 Å². The van der Waals surface area contributed by atoms with Gasteiger partial charge in [-0.25, -0.2) is 0 Å². The van der Waals surface area contributed by atoms with E-state index < -0.39 is 35.5 Å². The molecule has 0 saturated carbocycles. The Morgan fingerprint density at radius 2 is 2.05 bits per heavy atom. The van der Waals surface area contributed by atoms with E-state index in [0.717, 1.165) is 0 Å². The van der Waals surface area contributed by atoms with Crippen LogP contribution in [-0.4, -0.2) is 52.0 Å². The summed E-state index contributed by atoms with van der Waals surface area (Å²) in [6.07, 6.45) is 0.250. The fraction of sp³-hybridized carbons (Fsp3) is 0.769. The molecule has 6 nitrogen and oxygen atoms in total. The van der Waals surface area contributed by atoms with Crippen LogP contribution in [0.5, 0.6) is 0 Å². The van der Waals surface area contributed by atoms with Crippen LogP contribution in [0, 0.1) is 11.3 Å². The first-order chi connectivity index (χ1) is 8.71. The van der Waals surface area contributed by atoms with E-state index in [0.29, 0.717) is 0 Å². The lowest BCUT2D eigenvalue weighted by atomic mass is 9.64. The lowest BCUT2D eigenvalue weighted by Gasteiger charge is -2.43. The van der Waals surface area contributed by atoms with Crippen LogP contribution in [0.2, 0.25) is 0 Å². The molecule has 1 fully saturated rings. The monoisotopic (exact) mass is 272 g/mol. The van der Waals surface area contributed by atoms with Crippen LogP contribution in [0.3, 0.4) is 0 Å². The zero-order valence-electron chi connectivity index (χ0n) is 11.2. The predicted molar refractivity (Wildman–Crippen MR) is 64.9 cm³/mol. The van der Waals surface area contributed by atoms with Gasteiger partial charge in [-0.05, 0) is 12.8 Å². The van der Waals surface area contributed by atoms with Gasteiger partial charge in [0.2, 0.25) is 0 Å². The normalized spacial score (nSPS) is 48.9. The fourth-order valence-electron chi connectivity index (χ4n) is 3.06. The van der Waals surface area contributed by atoms with Crippen LogP contribution in [0.1, 0.15) is 20.8 Å². The molecule has 1 heterocycles. The Balaban J connectivity index is 2.40. The van der Waals surface area contributed by atoms with Crippen LogP contribution in [0.15, 0.2) is 12.2 Å². The van der Waals surface area contributed by atoms with Crippen molar-refractivity contribution in [1.29, 1.82) is 0 Å². The zero-order valence-corrected chi connectivity index (χ0v) is 11.2. The minimum absolute atomic E-state index is 0.118. The van der Waals surface area contributed by atoms with E-state index in [4.69, 9.17) is 9.47 Å². The summed E-state index contributed by atoms with van der Waals surface area (Å²) in [6, 6.07) is 0. The van der Waals surface area contributed by atoms with Crippen LogP contribution in [0.25, 0.3) is 0 Å². The summed E-state index contributed by atoms with van der Waals surface area (Å²) in [6.45, 7) is 4.32. The molecule has 6 atom stereocenters. The van der Waals surface area contributed by atoms with Crippen molar-refractivity contribution in [3.05, 3.63) is 12.2 Å². The summed E-state index contributed by atoms with van der Waals surface area (Å²) in [7, 11) is 0. The maximum absolute atomic E-state index is 11.0. The van der Waals surface area contributed by atoms with Gasteiger partial charge in [0, 0.05) is 6.92 Å². The highest BCUT2D eigenvalue weighted by Gasteiger charge is 2.66. The first-order valence-electron chi connectivity index (χ1n) is 6.30. The number of carbonyl (C=O) groups is 1. The summed E-state index contributed by atoms with van der Waals surface area (Å²) in [5, 5.41) is 30.5. The molecule has 1 aliphatic heterocycles. The van der Waals surface area contributed by atoms with E-state index in [2.05, 4.69) is 0 Å². The lowest BCUT2D eigenvalue weighted by molar-refractivity contribution is -0.221. The molecular formula is C13H20O6. The molecule has 0 amide bonds. The Bertz CT molecular complexity index is 404. The first-order valence-corrected chi connectivity index (χ1v) is 6.30. The summed E-state index contributed by atoms with van der Waals surface area (Å²) in [4.78, 5) is 11.0. The van der Waals surface area contributed by atoms with Crippen LogP contribution in [0.4, 0.5) is 0 Å². The zero-order chi connectivity index (χ0) is 14.4. The molecule has 0 aromatic rings. The molecule has 1 aliphatic carbocycles. The van der Waals surface area contributed by atoms with E-state index >= 15 is 0 Å². The Hall–Kier alpha value is -0.950. The van der Waals surface area contributed by atoms with Crippen molar-refractivity contribution in [3.8, 4) is 0 Å². The van der Waals surface area contributed by atoms with Crippen molar-refractivity contribution in [2.24, 2.45) is 11.3 Å². The van der Waals surface area contributed by atoms with Crippen molar-refractivity contribution in [3.63, 3.8) is 0 Å². The average Bonchev–Trinajstić information content (AvgIpc) is 2.53. The second kappa shape index (κ2) is 4.56. The molecule has 1 saturated heterocycles. The van der Waals surface area contributed by atoms with Gasteiger partial charge in [0.25, 0.3) is 0 Å². The predicted octanol–water partition coefficient (Wildman–Crippen LogP) is -0.429. The van der Waals surface area contributed by atoms with Gasteiger partial charge in [-0.15, -0.1) is 0 Å². The number of ether oxygens (including phenoxy) is 2. The van der Waals surface area contributed by atoms with E-state index in [9.17, 15) is 20.1 Å². The van der Waals surface area contributed by atoms with Gasteiger partial charge in [-0.1, -0.05) is 19.1 Å². The summed E-state index contributed by atoms with van der Waals surface area (Å²) < 4.78 is 10.4. The minimum Gasteiger partial charge on any atom is -0.465 e. The standard InChI is InChI=1S/C13H20O6/c1-7-4-5-9(15)10-13(7,6-18-8(2)14)11(16)12(3,17)19-10/h4-5,7,9-11,15-17H,6H2,1-3H3. The quantitative estimate of drug-likeness (QED) is 0.466. The van der Waals surface area contributed by atoms with E-state index in [-0.39, 0.29) is 12.5 Å². The number of esters is 1. The Kier molecular flexibility index (Phi) is 3.47. The molecular weight excluding hydrogens is 252 g/mol. The number of rotatable bonds is 2. The molecule has 0 spiro atoms. The lowest BCUT2D eigenvalue weighted by Crippen LogP contribution is -2.55. The number of hydrogen-bond donors (Lipinski definition) is 3. The molecule has 2 aliphatic rings. The number of allylic oxidation sites excluding steroid dienone is 1. The molecule has 108 valence electrons. The van der Waals surface area contributed by atoms with E-state index in [1.54, 1.807) is 12.2 Å². The topological polar surface area (TPSA) is 96.2 Å². The van der Waals surface area contributed by atoms with Crippen molar-refractivity contribution in [2.45, 2.75) is 44.9 Å². The molecule has 19 heavy (non-hydrogen) atoms. The number of fused-ring (bicyclic) bond motifs is 1. The molecule has 2 rings (SSSR count). The third kappa shape index (κ3) is 2.08. The van der Waals surface area contributed by atoms with Gasteiger partial charge < -0.3 is 24.8 Å². The van der Waals surface area contributed by atoms with Crippen molar-refractivity contribution in [2.75, 3.05) is 6.61 Å². The second-order valence-corrected chi connectivity index (χ2v) is 5.55. The molecule has 3 N–H and O–H groups in total. The SMILES string of the molecule is CC(=O)OCC12C(C)C=CC(O)C1OC(C)(O)C2O. The number of hydrogen-bond acceptors (Lipinski definition) is 6. The fourth-order valence-corrected chi connectivity index (χ4v) is 3.06. The number of carbonyl (C=O) groups excluding carboxylic acids is 1. The maximum atomic E-state index is 11.0. The molecule has 6 heteroatoms. The largest absolute Gasteiger partial charge is 0.465 e. The number of aliphatic hydroxyl groups excluding tert-OH is 2.